The van der Waals surface area contributed by atoms with E-state index in [1.165, 1.54) is 0 Å². The first-order chi connectivity index (χ1) is 9.15. The Kier molecular flexibility index (Phi) is 4.37. The molecule has 0 heterocycles. The molecule has 2 nitrogen and oxygen atoms in total. The lowest BCUT2D eigenvalue weighted by molar-refractivity contribution is 0.104. The van der Waals surface area contributed by atoms with Gasteiger partial charge in [0.2, 0.25) is 0 Å². The molecule has 0 bridgehead atoms. The van der Waals surface area contributed by atoms with Gasteiger partial charge >= 0.3 is 0 Å². The molecule has 2 aromatic carbocycles. The van der Waals surface area contributed by atoms with Crippen LogP contribution in [-0.2, 0) is 0 Å². The van der Waals surface area contributed by atoms with Crippen molar-refractivity contribution in [1.82, 2.24) is 0 Å². The number of carbonyl (C=O) groups is 1. The van der Waals surface area contributed by atoms with Crippen molar-refractivity contribution < 1.29 is 4.79 Å². The topological polar surface area (TPSA) is 29.1 Å². The fourth-order valence-corrected chi connectivity index (χ4v) is 1.81. The van der Waals surface area contributed by atoms with E-state index in [2.05, 4.69) is 5.32 Å². The van der Waals surface area contributed by atoms with Gasteiger partial charge in [0.25, 0.3) is 0 Å². The van der Waals surface area contributed by atoms with Crippen molar-refractivity contribution in [2.45, 2.75) is 6.92 Å². The lowest BCUT2D eigenvalue weighted by Crippen LogP contribution is -2.01. The third-order valence-electron chi connectivity index (χ3n) is 2.59. The van der Waals surface area contributed by atoms with E-state index in [1.54, 1.807) is 30.3 Å². The Morgan fingerprint density at radius 1 is 1.05 bits per heavy atom. The summed E-state index contributed by atoms with van der Waals surface area (Å²) in [7, 11) is 0. The molecule has 2 rings (SSSR count). The number of anilines is 1. The second-order valence-corrected chi connectivity index (χ2v) is 4.63. The minimum Gasteiger partial charge on any atom is -0.359 e. The van der Waals surface area contributed by atoms with Gasteiger partial charge in [0.05, 0.1) is 0 Å². The summed E-state index contributed by atoms with van der Waals surface area (Å²) in [5.41, 5.74) is 2.37. The van der Waals surface area contributed by atoms with E-state index in [9.17, 15) is 4.79 Å². The third kappa shape index (κ3) is 3.97. The Morgan fingerprint density at radius 3 is 2.32 bits per heavy atom. The fourth-order valence-electron chi connectivity index (χ4n) is 1.68. The van der Waals surface area contributed by atoms with Crippen LogP contribution >= 0.6 is 11.6 Å². The van der Waals surface area contributed by atoms with Gasteiger partial charge in [-0.15, -0.1) is 0 Å². The van der Waals surface area contributed by atoms with Crippen molar-refractivity contribution in [2.24, 2.45) is 0 Å². The van der Waals surface area contributed by atoms with E-state index in [0.29, 0.717) is 10.6 Å². The number of rotatable bonds is 4. The fraction of sp³-hybridized carbons (Fsp3) is 0.0625. The molecule has 0 fully saturated rings. The number of allylic oxidation sites excluding steroid dienone is 2. The molecule has 2 aromatic rings. The van der Waals surface area contributed by atoms with Gasteiger partial charge in [0.15, 0.2) is 5.78 Å². The van der Waals surface area contributed by atoms with Crippen LogP contribution < -0.4 is 5.32 Å². The van der Waals surface area contributed by atoms with Gasteiger partial charge in [-0.25, -0.2) is 0 Å². The average Bonchev–Trinajstić information content (AvgIpc) is 2.42. The summed E-state index contributed by atoms with van der Waals surface area (Å²) in [6.07, 6.45) is 1.59. The normalized spacial score (nSPS) is 11.2. The smallest absolute Gasteiger partial charge is 0.187 e. The maximum absolute atomic E-state index is 12.0. The Bertz CT molecular complexity index is 588. The lowest BCUT2D eigenvalue weighted by Gasteiger charge is -2.06. The van der Waals surface area contributed by atoms with Crippen LogP contribution in [0.4, 0.5) is 5.69 Å². The average molecular weight is 272 g/mol. The summed E-state index contributed by atoms with van der Waals surface area (Å²) < 4.78 is 0. The molecular formula is C16H14ClNO. The molecule has 0 unspecified atom stereocenters. The van der Waals surface area contributed by atoms with Crippen LogP contribution in [0.1, 0.15) is 17.3 Å². The minimum atomic E-state index is -0.0143. The zero-order chi connectivity index (χ0) is 13.7. The van der Waals surface area contributed by atoms with Gasteiger partial charge in [-0.2, -0.15) is 0 Å². The molecule has 19 heavy (non-hydrogen) atoms. The third-order valence-corrected chi connectivity index (χ3v) is 2.84. The molecule has 1 N–H and O–H groups in total. The van der Waals surface area contributed by atoms with Crippen LogP contribution in [0.15, 0.2) is 66.4 Å². The molecular weight excluding hydrogens is 258 g/mol. The SMILES string of the molecule is C/C(=C\C(=O)c1ccccc1)Nc1ccc(Cl)cc1. The number of ketones is 1. The number of carbonyl (C=O) groups excluding carboxylic acids is 1. The maximum Gasteiger partial charge on any atom is 0.187 e. The maximum atomic E-state index is 12.0. The summed E-state index contributed by atoms with van der Waals surface area (Å²) in [6.45, 7) is 1.86. The molecule has 96 valence electrons. The van der Waals surface area contributed by atoms with Gasteiger partial charge in [-0.1, -0.05) is 41.9 Å². The predicted molar refractivity (Wildman–Crippen MR) is 79.6 cm³/mol. The van der Waals surface area contributed by atoms with E-state index >= 15 is 0 Å². The molecule has 0 atom stereocenters. The molecule has 0 aliphatic carbocycles. The predicted octanol–water partition coefficient (Wildman–Crippen LogP) is 4.54. The largest absolute Gasteiger partial charge is 0.359 e. The summed E-state index contributed by atoms with van der Waals surface area (Å²) in [6, 6.07) is 16.5. The van der Waals surface area contributed by atoms with E-state index in [1.807, 2.05) is 37.3 Å². The molecule has 3 heteroatoms. The summed E-state index contributed by atoms with van der Waals surface area (Å²) in [5.74, 6) is -0.0143. The van der Waals surface area contributed by atoms with Gasteiger partial charge in [0, 0.05) is 28.0 Å². The van der Waals surface area contributed by atoms with Crippen molar-refractivity contribution >= 4 is 23.1 Å². The van der Waals surface area contributed by atoms with Crippen LogP contribution in [0.2, 0.25) is 5.02 Å². The summed E-state index contributed by atoms with van der Waals surface area (Å²) in [4.78, 5) is 12.0. The lowest BCUT2D eigenvalue weighted by atomic mass is 10.1. The molecule has 0 aliphatic rings. The Labute approximate surface area is 117 Å². The van der Waals surface area contributed by atoms with Crippen molar-refractivity contribution in [1.29, 1.82) is 0 Å². The van der Waals surface area contributed by atoms with E-state index < -0.39 is 0 Å². The molecule has 0 aliphatic heterocycles. The van der Waals surface area contributed by atoms with Crippen molar-refractivity contribution in [2.75, 3.05) is 5.32 Å². The number of benzene rings is 2. The van der Waals surface area contributed by atoms with Gasteiger partial charge < -0.3 is 5.32 Å². The zero-order valence-corrected chi connectivity index (χ0v) is 11.3. The van der Waals surface area contributed by atoms with E-state index in [-0.39, 0.29) is 5.78 Å². The highest BCUT2D eigenvalue weighted by Crippen LogP contribution is 2.15. The zero-order valence-electron chi connectivity index (χ0n) is 10.6. The molecule has 0 spiro atoms. The van der Waals surface area contributed by atoms with Gasteiger partial charge in [0.1, 0.15) is 0 Å². The number of nitrogens with one attached hydrogen (secondary N) is 1. The minimum absolute atomic E-state index is 0.0143. The molecule has 0 saturated heterocycles. The Balaban J connectivity index is 2.07. The second-order valence-electron chi connectivity index (χ2n) is 4.19. The number of hydrogen-bond acceptors (Lipinski definition) is 2. The summed E-state index contributed by atoms with van der Waals surface area (Å²) >= 11 is 5.82. The first-order valence-corrected chi connectivity index (χ1v) is 6.33. The highest BCUT2D eigenvalue weighted by molar-refractivity contribution is 6.30. The quantitative estimate of drug-likeness (QED) is 0.653. The van der Waals surface area contributed by atoms with E-state index in [4.69, 9.17) is 11.6 Å². The van der Waals surface area contributed by atoms with Crippen LogP contribution in [0.25, 0.3) is 0 Å². The first kappa shape index (κ1) is 13.4. The Hall–Kier alpha value is -2.06. The molecule has 0 amide bonds. The van der Waals surface area contributed by atoms with Crippen LogP contribution in [-0.4, -0.2) is 5.78 Å². The number of halogens is 1. The van der Waals surface area contributed by atoms with Gasteiger partial charge in [-0.3, -0.25) is 4.79 Å². The number of hydrogen-bond donors (Lipinski definition) is 1. The molecule has 0 saturated carbocycles. The van der Waals surface area contributed by atoms with Crippen molar-refractivity contribution in [3.05, 3.63) is 77.0 Å². The Morgan fingerprint density at radius 2 is 1.68 bits per heavy atom. The first-order valence-electron chi connectivity index (χ1n) is 5.95. The van der Waals surface area contributed by atoms with Crippen LogP contribution in [0.5, 0.6) is 0 Å². The summed E-state index contributed by atoms with van der Waals surface area (Å²) in [5, 5.41) is 3.84. The van der Waals surface area contributed by atoms with E-state index in [0.717, 1.165) is 11.4 Å². The highest BCUT2D eigenvalue weighted by atomic mass is 35.5. The van der Waals surface area contributed by atoms with Crippen molar-refractivity contribution in [3.8, 4) is 0 Å². The monoisotopic (exact) mass is 271 g/mol. The van der Waals surface area contributed by atoms with Crippen LogP contribution in [0.3, 0.4) is 0 Å². The molecule has 0 radical (unpaired) electrons. The van der Waals surface area contributed by atoms with Gasteiger partial charge in [-0.05, 0) is 31.2 Å². The van der Waals surface area contributed by atoms with Crippen LogP contribution in [0, 0.1) is 0 Å². The molecule has 0 aromatic heterocycles. The van der Waals surface area contributed by atoms with Crippen molar-refractivity contribution in [3.63, 3.8) is 0 Å². The highest BCUT2D eigenvalue weighted by Gasteiger charge is 2.02. The second kappa shape index (κ2) is 6.21. The standard InChI is InChI=1S/C16H14ClNO/c1-12(18-15-9-7-14(17)8-10-15)11-16(19)13-5-3-2-4-6-13/h2-11,18H,1H3/b12-11+.